The minimum Gasteiger partial charge on any atom is -0.393 e. The number of ether oxygens (including phenoxy) is 11. The second kappa shape index (κ2) is 56.0. The Morgan fingerprint density at radius 2 is 1.35 bits per heavy atom. The molecule has 640 valence electrons. The zero-order valence-corrected chi connectivity index (χ0v) is 70.3. The number of nitrogens with zero attached hydrogens (tertiary/aromatic N) is 5. The molecule has 3 saturated heterocycles. The maximum Gasteiger partial charge on any atom is 0.418 e. The van der Waals surface area contributed by atoms with Crippen LogP contribution in [0.4, 0.5) is 18.9 Å². The van der Waals surface area contributed by atoms with Crippen molar-refractivity contribution in [1.29, 1.82) is 5.26 Å². The van der Waals surface area contributed by atoms with Gasteiger partial charge in [-0.05, 0) is 171 Å². The highest BCUT2D eigenvalue weighted by molar-refractivity contribution is 6.38. The number of benzene rings is 1. The number of ketones is 2. The first kappa shape index (κ1) is 98.1. The molecule has 1 aromatic rings. The van der Waals surface area contributed by atoms with Gasteiger partial charge >= 0.3 is 6.18 Å². The number of carbonyl (C=O) groups is 3. The molecule has 0 spiro atoms. The number of aliphatic imine (C=N–C) groups is 1. The van der Waals surface area contributed by atoms with Gasteiger partial charge in [0.25, 0.3) is 11.7 Å². The summed E-state index contributed by atoms with van der Waals surface area (Å²) in [5.41, 5.74) is 2.38. The Bertz CT molecular complexity index is 3100. The van der Waals surface area contributed by atoms with Crippen molar-refractivity contribution in [3.05, 3.63) is 101 Å². The molecule has 0 bridgehead atoms. The fourth-order valence-corrected chi connectivity index (χ4v) is 14.6. The molecule has 9 atom stereocenters. The SMILES string of the molecule is C\C=C(/C=N\C(=C/CCC)N1CCN(c2ccc(C)cc2C(F)(F)F)CC1)CCCOCCOCCOCCOCCOCCOCCOCCOCCOC1CCC(C)(CCC(CC)CC(=O)C(C)/C=C(\C)C(C#N)CC(O)C(C)CC/C=C/C=C/C=C/C(CC2CC[C@@H](C)[C@](O)(C(=O)C(=O)N3CCCCC3)O2)OC)CC1. The van der Waals surface area contributed by atoms with Gasteiger partial charge in [0.1, 0.15) is 11.6 Å². The van der Waals surface area contributed by atoms with Gasteiger partial charge in [-0.3, -0.25) is 14.4 Å². The standard InChI is InChI=1S/C89H142F3N5O16/c1-11-14-28-84(96-43-41-95(42-44-96)81-32-29-69(4)62-80(81)89(90,91)92)94-68-75(13-3)26-24-45-104-46-47-105-48-49-106-50-51-107-52-53-108-54-55-109-56-57-110-58-59-111-60-61-112-77-34-37-87(9,38-35-77)36-33-74(12-2)64-82(98)72(7)63-71(6)76(67-93)65-83(99)70(5)25-20-17-15-16-18-21-27-78(103-10)66-79-31-30-73(8)88(102,113-79)85(100)86(101)97-39-22-19-23-40-97/h13,15-18,21,27-29,32,62-63,68,70,72-74,76-79,83,99,102H,11-12,14,19-20,22-26,30-31,33-61,64-66H2,1-10H3/b17-15+,18-16+,27-21+,71-63+,75-13-,84-28+,94-68-/t70?,72?,73-,74?,76?,77?,78?,79?,83?,87?,88-/m1/s1. The lowest BCUT2D eigenvalue weighted by molar-refractivity contribution is -0.265. The van der Waals surface area contributed by atoms with Crippen molar-refractivity contribution in [3.63, 3.8) is 0 Å². The topological polar surface area (TPSA) is 239 Å². The first-order chi connectivity index (χ1) is 54.5. The van der Waals surface area contributed by atoms with E-state index in [9.17, 15) is 43.0 Å². The maximum atomic E-state index is 13.9. The Kier molecular flexibility index (Phi) is 48.6. The van der Waals surface area contributed by atoms with Crippen LogP contribution in [0.5, 0.6) is 0 Å². The summed E-state index contributed by atoms with van der Waals surface area (Å²) >= 11 is 0. The highest BCUT2D eigenvalue weighted by Crippen LogP contribution is 2.43. The monoisotopic (exact) mass is 1590 g/mol. The summed E-state index contributed by atoms with van der Waals surface area (Å²) in [5.74, 6) is -3.70. The molecule has 1 amide bonds. The highest BCUT2D eigenvalue weighted by Gasteiger charge is 2.51. The van der Waals surface area contributed by atoms with Crippen LogP contribution in [0, 0.1) is 53.3 Å². The number of aliphatic hydroxyl groups excluding tert-OH is 1. The molecule has 7 unspecified atom stereocenters. The van der Waals surface area contributed by atoms with E-state index in [2.05, 4.69) is 43.9 Å². The minimum atomic E-state index is -4.41. The van der Waals surface area contributed by atoms with Crippen molar-refractivity contribution >= 4 is 29.4 Å². The van der Waals surface area contributed by atoms with Gasteiger partial charge < -0.3 is 77.0 Å². The molecule has 21 nitrogen and oxygen atoms in total. The van der Waals surface area contributed by atoms with E-state index >= 15 is 0 Å². The molecular formula is C89H142F3N5O16. The normalized spacial score (nSPS) is 22.2. The van der Waals surface area contributed by atoms with Gasteiger partial charge in [0.15, 0.2) is 0 Å². The molecule has 3 aliphatic heterocycles. The summed E-state index contributed by atoms with van der Waals surface area (Å²) in [7, 11) is 1.60. The van der Waals surface area contributed by atoms with E-state index in [1.807, 2.05) is 81.3 Å². The number of rotatable bonds is 58. The van der Waals surface area contributed by atoms with Gasteiger partial charge in [-0.2, -0.15) is 18.4 Å². The number of carbonyl (C=O) groups excluding carboxylic acids is 3. The van der Waals surface area contributed by atoms with Crippen LogP contribution in [0.25, 0.3) is 0 Å². The van der Waals surface area contributed by atoms with Crippen molar-refractivity contribution in [2.75, 3.05) is 164 Å². The van der Waals surface area contributed by atoms with Crippen LogP contribution in [-0.2, 0) is 72.7 Å². The summed E-state index contributed by atoms with van der Waals surface area (Å²) < 4.78 is 105. The first-order valence-electron chi connectivity index (χ1n) is 42.3. The van der Waals surface area contributed by atoms with E-state index in [-0.39, 0.29) is 40.9 Å². The average Bonchev–Trinajstić information content (AvgIpc) is 0.780. The third kappa shape index (κ3) is 38.2. The minimum absolute atomic E-state index is 0.0338. The van der Waals surface area contributed by atoms with Gasteiger partial charge in [-0.1, -0.05) is 120 Å². The number of anilines is 1. The Hall–Kier alpha value is -5.50. The zero-order chi connectivity index (χ0) is 82.1. The number of allylic oxidation sites excluding steroid dienone is 10. The zero-order valence-electron chi connectivity index (χ0n) is 70.3. The molecule has 4 fully saturated rings. The van der Waals surface area contributed by atoms with Crippen LogP contribution >= 0.6 is 0 Å². The van der Waals surface area contributed by atoms with Crippen LogP contribution in [0.15, 0.2) is 94.8 Å². The average molecular weight is 1600 g/mol. The predicted octanol–water partition coefficient (Wildman–Crippen LogP) is 15.5. The molecule has 1 saturated carbocycles. The molecule has 2 N–H and O–H groups in total. The molecule has 4 aliphatic rings. The third-order valence-electron chi connectivity index (χ3n) is 22.4. The number of nitriles is 1. The van der Waals surface area contributed by atoms with Crippen LogP contribution in [-0.4, -0.2) is 233 Å². The quantitative estimate of drug-likeness (QED) is 0.0203. The Labute approximate surface area is 675 Å². The lowest BCUT2D eigenvalue weighted by atomic mass is 9.70. The fraction of sp³-hybridized carbons (Fsp3) is 0.742. The number of Topliss-reactive ketones (excluding diaryl/α,β-unsaturated/α-hetero) is 2. The third-order valence-corrected chi connectivity index (χ3v) is 22.4. The molecule has 1 aromatic carbocycles. The fourth-order valence-electron chi connectivity index (χ4n) is 14.6. The van der Waals surface area contributed by atoms with E-state index in [4.69, 9.17) is 57.1 Å². The molecule has 113 heavy (non-hydrogen) atoms. The number of piperazine rings is 1. The predicted molar refractivity (Wildman–Crippen MR) is 437 cm³/mol. The second-order valence-corrected chi connectivity index (χ2v) is 31.4. The number of unbranched alkanes of at least 4 members (excludes halogenated alkanes) is 1. The Morgan fingerprint density at radius 3 is 1.90 bits per heavy atom. The number of aliphatic hydroxyl groups is 2. The van der Waals surface area contributed by atoms with Gasteiger partial charge in [0.2, 0.25) is 5.79 Å². The van der Waals surface area contributed by atoms with Gasteiger partial charge in [-0.25, -0.2) is 4.99 Å². The highest BCUT2D eigenvalue weighted by atomic mass is 19.4. The molecular weight excluding hydrogens is 1450 g/mol. The van der Waals surface area contributed by atoms with Crippen molar-refractivity contribution < 1.29 is 89.9 Å². The number of likely N-dealkylation sites (tertiary alicyclic amines) is 1. The van der Waals surface area contributed by atoms with Crippen LogP contribution in [0.1, 0.15) is 201 Å². The summed E-state index contributed by atoms with van der Waals surface area (Å²) in [6.45, 7) is 29.3. The van der Waals surface area contributed by atoms with Crippen molar-refractivity contribution in [1.82, 2.24) is 9.80 Å². The number of aryl methyl sites for hydroxylation is 1. The van der Waals surface area contributed by atoms with Crippen molar-refractivity contribution in [2.45, 2.75) is 234 Å². The van der Waals surface area contributed by atoms with Crippen LogP contribution < -0.4 is 4.90 Å². The summed E-state index contributed by atoms with van der Waals surface area (Å²) in [6.07, 6.45) is 31.3. The number of amides is 1. The first-order valence-corrected chi connectivity index (χ1v) is 42.3. The van der Waals surface area contributed by atoms with Crippen LogP contribution in [0.3, 0.4) is 0 Å². The number of hydrogen-bond acceptors (Lipinski definition) is 20. The number of methoxy groups -OCH3 is 1. The molecule has 0 aromatic heterocycles. The summed E-state index contributed by atoms with van der Waals surface area (Å²) in [5, 5.41) is 32.7. The number of hydrogen-bond donors (Lipinski definition) is 2. The van der Waals surface area contributed by atoms with E-state index in [0.29, 0.717) is 195 Å². The number of piperidine rings is 1. The lowest BCUT2D eigenvalue weighted by Crippen LogP contribution is -2.58. The van der Waals surface area contributed by atoms with E-state index < -0.39 is 53.3 Å². The van der Waals surface area contributed by atoms with E-state index in [0.717, 1.165) is 120 Å². The van der Waals surface area contributed by atoms with Gasteiger partial charge in [0, 0.05) is 89.6 Å². The van der Waals surface area contributed by atoms with Crippen LogP contribution in [0.2, 0.25) is 0 Å². The summed E-state index contributed by atoms with van der Waals surface area (Å²) in [4.78, 5) is 50.3. The Balaban J connectivity index is 0.779. The van der Waals surface area contributed by atoms with Gasteiger partial charge in [-0.15, -0.1) is 0 Å². The number of alkyl halides is 3. The molecule has 5 rings (SSSR count). The maximum absolute atomic E-state index is 13.9. The largest absolute Gasteiger partial charge is 0.418 e. The van der Waals surface area contributed by atoms with Crippen molar-refractivity contribution in [3.8, 4) is 6.07 Å². The molecule has 24 heteroatoms. The Morgan fingerprint density at radius 1 is 0.761 bits per heavy atom. The second-order valence-electron chi connectivity index (χ2n) is 31.4. The smallest absolute Gasteiger partial charge is 0.393 e. The molecule has 0 radical (unpaired) electrons. The van der Waals surface area contributed by atoms with Crippen molar-refractivity contribution in [2.24, 2.45) is 40.0 Å². The van der Waals surface area contributed by atoms with Gasteiger partial charge in [0.05, 0.1) is 148 Å². The number of halogens is 3. The van der Waals surface area contributed by atoms with E-state index in [1.54, 1.807) is 33.1 Å². The van der Waals surface area contributed by atoms with E-state index in [1.165, 1.54) is 11.0 Å². The summed E-state index contributed by atoms with van der Waals surface area (Å²) in [6, 6.07) is 6.95. The molecule has 1 aliphatic carbocycles. The molecule has 3 heterocycles. The lowest BCUT2D eigenvalue weighted by Gasteiger charge is -2.41.